The highest BCUT2D eigenvalue weighted by atomic mass is 32.1. The van der Waals surface area contributed by atoms with Gasteiger partial charge in [0, 0.05) is 16.3 Å². The predicted octanol–water partition coefficient (Wildman–Crippen LogP) is 3.00. The Kier molecular flexibility index (Phi) is 3.91. The van der Waals surface area contributed by atoms with Crippen LogP contribution in [-0.2, 0) is 11.3 Å². The lowest BCUT2D eigenvalue weighted by Gasteiger charge is -2.14. The fraction of sp³-hybridized carbons (Fsp3) is 0.333. The first-order chi connectivity index (χ1) is 9.76. The first kappa shape index (κ1) is 13.4. The Balaban J connectivity index is 1.66. The molecule has 0 fully saturated rings. The van der Waals surface area contributed by atoms with Gasteiger partial charge in [0.05, 0.1) is 6.61 Å². The highest BCUT2D eigenvalue weighted by Crippen LogP contribution is 2.33. The van der Waals surface area contributed by atoms with E-state index in [9.17, 15) is 0 Å². The second-order valence-corrected chi connectivity index (χ2v) is 5.99. The van der Waals surface area contributed by atoms with Gasteiger partial charge in [-0.05, 0) is 36.8 Å². The van der Waals surface area contributed by atoms with Crippen LogP contribution in [0.4, 0.5) is 0 Å². The third kappa shape index (κ3) is 2.80. The predicted molar refractivity (Wildman–Crippen MR) is 78.2 cm³/mol. The summed E-state index contributed by atoms with van der Waals surface area (Å²) in [6.45, 7) is 3.36. The van der Waals surface area contributed by atoms with Gasteiger partial charge in [-0.15, -0.1) is 11.3 Å². The fourth-order valence-corrected chi connectivity index (χ4v) is 3.06. The Labute approximate surface area is 122 Å². The zero-order valence-corrected chi connectivity index (χ0v) is 12.1. The van der Waals surface area contributed by atoms with E-state index < -0.39 is 0 Å². The van der Waals surface area contributed by atoms with Gasteiger partial charge in [-0.3, -0.25) is 0 Å². The molecule has 0 radical (unpaired) electrons. The summed E-state index contributed by atoms with van der Waals surface area (Å²) in [5, 5.41) is 0. The van der Waals surface area contributed by atoms with Gasteiger partial charge >= 0.3 is 0 Å². The zero-order valence-electron chi connectivity index (χ0n) is 11.3. The summed E-state index contributed by atoms with van der Waals surface area (Å²) in [4.78, 5) is 2.44. The summed E-state index contributed by atoms with van der Waals surface area (Å²) in [5.41, 5.74) is 6.86. The minimum absolute atomic E-state index is 0.0564. The number of hydrogen-bond acceptors (Lipinski definition) is 5. The summed E-state index contributed by atoms with van der Waals surface area (Å²) >= 11 is 1.73. The highest BCUT2D eigenvalue weighted by molar-refractivity contribution is 7.12. The average molecular weight is 291 g/mol. The SMILES string of the molecule is Cc1ccc(C(CN)OCc2ccc3c(c2)OCO3)s1. The second-order valence-electron chi connectivity index (χ2n) is 4.67. The van der Waals surface area contributed by atoms with Crippen molar-refractivity contribution in [1.82, 2.24) is 0 Å². The van der Waals surface area contributed by atoms with Gasteiger partial charge in [0.25, 0.3) is 0 Å². The Morgan fingerprint density at radius 3 is 2.85 bits per heavy atom. The molecular formula is C15H17NO3S. The molecule has 0 amide bonds. The van der Waals surface area contributed by atoms with E-state index in [1.807, 2.05) is 18.2 Å². The van der Waals surface area contributed by atoms with E-state index in [0.717, 1.165) is 17.1 Å². The number of nitrogens with two attached hydrogens (primary N) is 1. The molecule has 1 unspecified atom stereocenters. The minimum atomic E-state index is -0.0564. The van der Waals surface area contributed by atoms with Crippen LogP contribution in [0.3, 0.4) is 0 Å². The molecule has 1 atom stereocenters. The molecule has 4 nitrogen and oxygen atoms in total. The molecule has 0 saturated carbocycles. The van der Waals surface area contributed by atoms with Crippen molar-refractivity contribution in [3.8, 4) is 11.5 Å². The van der Waals surface area contributed by atoms with Crippen molar-refractivity contribution in [2.75, 3.05) is 13.3 Å². The van der Waals surface area contributed by atoms with E-state index in [4.69, 9.17) is 19.9 Å². The number of fused-ring (bicyclic) bond motifs is 1. The average Bonchev–Trinajstić information content (AvgIpc) is 3.08. The summed E-state index contributed by atoms with van der Waals surface area (Å²) in [5.74, 6) is 1.57. The Bertz CT molecular complexity index is 597. The number of hydrogen-bond donors (Lipinski definition) is 1. The van der Waals surface area contributed by atoms with Gasteiger partial charge in [-0.25, -0.2) is 0 Å². The molecule has 0 aliphatic carbocycles. The van der Waals surface area contributed by atoms with Crippen molar-refractivity contribution in [3.63, 3.8) is 0 Å². The van der Waals surface area contributed by atoms with E-state index in [-0.39, 0.29) is 6.10 Å². The Morgan fingerprint density at radius 1 is 1.25 bits per heavy atom. The maximum Gasteiger partial charge on any atom is 0.231 e. The van der Waals surface area contributed by atoms with Gasteiger partial charge in [0.2, 0.25) is 6.79 Å². The molecule has 3 rings (SSSR count). The van der Waals surface area contributed by atoms with E-state index in [1.54, 1.807) is 11.3 Å². The van der Waals surface area contributed by atoms with Crippen molar-refractivity contribution in [2.45, 2.75) is 19.6 Å². The molecule has 2 aromatic rings. The fourth-order valence-electron chi connectivity index (χ4n) is 2.12. The van der Waals surface area contributed by atoms with Crippen LogP contribution in [0.5, 0.6) is 11.5 Å². The van der Waals surface area contributed by atoms with Gasteiger partial charge in [-0.2, -0.15) is 0 Å². The molecule has 0 spiro atoms. The smallest absolute Gasteiger partial charge is 0.231 e. The quantitative estimate of drug-likeness (QED) is 0.920. The maximum absolute atomic E-state index is 5.93. The molecule has 5 heteroatoms. The van der Waals surface area contributed by atoms with Gasteiger partial charge in [-0.1, -0.05) is 6.07 Å². The molecule has 106 valence electrons. The highest BCUT2D eigenvalue weighted by Gasteiger charge is 2.15. The number of aryl methyl sites for hydroxylation is 1. The molecule has 20 heavy (non-hydrogen) atoms. The number of rotatable bonds is 5. The summed E-state index contributed by atoms with van der Waals surface area (Å²) in [6.07, 6.45) is -0.0564. The molecule has 0 saturated heterocycles. The molecule has 2 heterocycles. The lowest BCUT2D eigenvalue weighted by molar-refractivity contribution is 0.0479. The molecule has 1 aromatic heterocycles. The van der Waals surface area contributed by atoms with Crippen LogP contribution in [-0.4, -0.2) is 13.3 Å². The molecule has 1 aliphatic heterocycles. The molecule has 0 bridgehead atoms. The van der Waals surface area contributed by atoms with E-state index in [1.165, 1.54) is 9.75 Å². The number of thiophene rings is 1. The molecular weight excluding hydrogens is 274 g/mol. The van der Waals surface area contributed by atoms with Crippen molar-refractivity contribution < 1.29 is 14.2 Å². The van der Waals surface area contributed by atoms with Crippen molar-refractivity contribution in [1.29, 1.82) is 0 Å². The topological polar surface area (TPSA) is 53.7 Å². The van der Waals surface area contributed by atoms with E-state index in [2.05, 4.69) is 19.1 Å². The lowest BCUT2D eigenvalue weighted by atomic mass is 10.2. The van der Waals surface area contributed by atoms with Crippen molar-refractivity contribution >= 4 is 11.3 Å². The first-order valence-electron chi connectivity index (χ1n) is 6.53. The van der Waals surface area contributed by atoms with Crippen molar-refractivity contribution in [2.24, 2.45) is 5.73 Å². The molecule has 1 aliphatic rings. The van der Waals surface area contributed by atoms with Crippen LogP contribution >= 0.6 is 11.3 Å². The normalized spacial score (nSPS) is 14.5. The summed E-state index contributed by atoms with van der Waals surface area (Å²) < 4.78 is 16.6. The zero-order chi connectivity index (χ0) is 13.9. The monoisotopic (exact) mass is 291 g/mol. The number of benzene rings is 1. The van der Waals surface area contributed by atoms with Crippen LogP contribution in [0.2, 0.25) is 0 Å². The van der Waals surface area contributed by atoms with Gasteiger partial charge in [0.1, 0.15) is 6.10 Å². The molecule has 1 aromatic carbocycles. The standard InChI is InChI=1S/C15H17NO3S/c1-10-2-5-15(20-10)14(7-16)17-8-11-3-4-12-13(6-11)19-9-18-12/h2-6,14H,7-9,16H2,1H3. The van der Waals surface area contributed by atoms with Crippen LogP contribution in [0.25, 0.3) is 0 Å². The third-order valence-electron chi connectivity index (χ3n) is 3.18. The first-order valence-corrected chi connectivity index (χ1v) is 7.34. The van der Waals surface area contributed by atoms with Crippen LogP contribution in [0.15, 0.2) is 30.3 Å². The van der Waals surface area contributed by atoms with Crippen LogP contribution < -0.4 is 15.2 Å². The van der Waals surface area contributed by atoms with E-state index >= 15 is 0 Å². The summed E-state index contributed by atoms with van der Waals surface area (Å²) in [6, 6.07) is 10.0. The van der Waals surface area contributed by atoms with Gasteiger partial charge in [0.15, 0.2) is 11.5 Å². The van der Waals surface area contributed by atoms with Crippen LogP contribution in [0.1, 0.15) is 21.4 Å². The van der Waals surface area contributed by atoms with E-state index in [0.29, 0.717) is 19.9 Å². The molecule has 2 N–H and O–H groups in total. The Hall–Kier alpha value is -1.56. The minimum Gasteiger partial charge on any atom is -0.454 e. The third-order valence-corrected chi connectivity index (χ3v) is 4.27. The maximum atomic E-state index is 5.93. The number of ether oxygens (including phenoxy) is 3. The second kappa shape index (κ2) is 5.83. The largest absolute Gasteiger partial charge is 0.454 e. The van der Waals surface area contributed by atoms with Crippen molar-refractivity contribution in [3.05, 3.63) is 45.6 Å². The van der Waals surface area contributed by atoms with Gasteiger partial charge < -0.3 is 19.9 Å². The summed E-state index contributed by atoms with van der Waals surface area (Å²) in [7, 11) is 0. The lowest BCUT2D eigenvalue weighted by Crippen LogP contribution is -2.14. The van der Waals surface area contributed by atoms with Crippen LogP contribution in [0, 0.1) is 6.92 Å². The Morgan fingerprint density at radius 2 is 2.10 bits per heavy atom.